The number of rotatable bonds is 5. The molecule has 0 N–H and O–H groups in total. The minimum atomic E-state index is -0.369. The number of hydrogen-bond acceptors (Lipinski definition) is 4. The number of benzene rings is 1. The van der Waals surface area contributed by atoms with Crippen molar-refractivity contribution in [3.8, 4) is 5.75 Å². The van der Waals surface area contributed by atoms with Crippen LogP contribution in [0, 0.1) is 22.5 Å². The van der Waals surface area contributed by atoms with Crippen LogP contribution >= 0.6 is 12.6 Å². The Morgan fingerprint density at radius 1 is 1.42 bits per heavy atom. The third-order valence-electron chi connectivity index (χ3n) is 3.99. The van der Waals surface area contributed by atoms with Crippen molar-refractivity contribution in [1.82, 2.24) is 0 Å². The topological polar surface area (TPSA) is 52.4 Å². The van der Waals surface area contributed by atoms with E-state index < -0.39 is 0 Å². The van der Waals surface area contributed by atoms with Crippen LogP contribution < -0.4 is 4.74 Å². The Balaban J connectivity index is 2.11. The van der Waals surface area contributed by atoms with E-state index in [4.69, 9.17) is 4.74 Å². The molecule has 0 radical (unpaired) electrons. The zero-order chi connectivity index (χ0) is 13.9. The highest BCUT2D eigenvalue weighted by atomic mass is 32.1. The summed E-state index contributed by atoms with van der Waals surface area (Å²) in [5.41, 5.74) is 0.851. The molecule has 2 rings (SSSR count). The normalized spacial score (nSPS) is 17.4. The summed E-state index contributed by atoms with van der Waals surface area (Å²) >= 11 is 4.44. The second kappa shape index (κ2) is 5.82. The third kappa shape index (κ3) is 3.03. The Morgan fingerprint density at radius 2 is 2.11 bits per heavy atom. The fourth-order valence-corrected chi connectivity index (χ4v) is 3.07. The number of thiol groups is 1. The van der Waals surface area contributed by atoms with Crippen molar-refractivity contribution in [2.45, 2.75) is 32.6 Å². The van der Waals surface area contributed by atoms with E-state index >= 15 is 0 Å². The lowest BCUT2D eigenvalue weighted by Gasteiger charge is -2.27. The van der Waals surface area contributed by atoms with Gasteiger partial charge in [-0.2, -0.15) is 12.6 Å². The van der Waals surface area contributed by atoms with Gasteiger partial charge in [-0.25, -0.2) is 0 Å². The average molecular weight is 281 g/mol. The van der Waals surface area contributed by atoms with Crippen LogP contribution in [-0.4, -0.2) is 17.3 Å². The monoisotopic (exact) mass is 281 g/mol. The standard InChI is InChI=1S/C14H19NO3S/c1-11-12(15(16)17)5-4-6-13(11)18-9-14(10-19)7-2-3-8-14/h4-6,19H,2-3,7-10H2,1H3. The van der Waals surface area contributed by atoms with Crippen LogP contribution in [0.5, 0.6) is 5.75 Å². The fourth-order valence-electron chi connectivity index (χ4n) is 2.66. The molecule has 0 spiro atoms. The molecular weight excluding hydrogens is 262 g/mol. The predicted molar refractivity (Wildman–Crippen MR) is 78.1 cm³/mol. The molecule has 0 saturated heterocycles. The summed E-state index contributed by atoms with van der Waals surface area (Å²) in [6.45, 7) is 2.33. The van der Waals surface area contributed by atoms with Crippen LogP contribution in [0.3, 0.4) is 0 Å². The van der Waals surface area contributed by atoms with Gasteiger partial charge in [-0.05, 0) is 31.6 Å². The lowest BCUT2D eigenvalue weighted by atomic mass is 9.90. The maximum atomic E-state index is 10.9. The Morgan fingerprint density at radius 3 is 2.68 bits per heavy atom. The largest absolute Gasteiger partial charge is 0.492 e. The molecule has 19 heavy (non-hydrogen) atoms. The van der Waals surface area contributed by atoms with Crippen LogP contribution in [0.1, 0.15) is 31.2 Å². The van der Waals surface area contributed by atoms with E-state index in [1.807, 2.05) is 0 Å². The average Bonchev–Trinajstić information content (AvgIpc) is 2.87. The molecule has 1 aliphatic carbocycles. The lowest BCUT2D eigenvalue weighted by molar-refractivity contribution is -0.385. The Hall–Kier alpha value is -1.23. The minimum absolute atomic E-state index is 0.115. The first kappa shape index (κ1) is 14.2. The molecule has 1 aliphatic rings. The van der Waals surface area contributed by atoms with Gasteiger partial charge < -0.3 is 4.74 Å². The highest BCUT2D eigenvalue weighted by Crippen LogP contribution is 2.40. The Kier molecular flexibility index (Phi) is 4.34. The second-order valence-electron chi connectivity index (χ2n) is 5.31. The fraction of sp³-hybridized carbons (Fsp3) is 0.571. The number of hydrogen-bond donors (Lipinski definition) is 1. The van der Waals surface area contributed by atoms with Gasteiger partial charge in [0.15, 0.2) is 0 Å². The van der Waals surface area contributed by atoms with Crippen molar-refractivity contribution in [2.75, 3.05) is 12.4 Å². The van der Waals surface area contributed by atoms with Gasteiger partial charge in [0, 0.05) is 11.5 Å². The number of nitro benzene ring substituents is 1. The van der Waals surface area contributed by atoms with Gasteiger partial charge in [0.1, 0.15) is 5.75 Å². The number of ether oxygens (including phenoxy) is 1. The second-order valence-corrected chi connectivity index (χ2v) is 5.63. The van der Waals surface area contributed by atoms with Crippen LogP contribution in [0.25, 0.3) is 0 Å². The molecule has 0 heterocycles. The van der Waals surface area contributed by atoms with Crippen molar-refractivity contribution in [1.29, 1.82) is 0 Å². The van der Waals surface area contributed by atoms with Gasteiger partial charge in [-0.15, -0.1) is 0 Å². The summed E-state index contributed by atoms with van der Waals surface area (Å²) in [7, 11) is 0. The molecule has 1 aromatic rings. The summed E-state index contributed by atoms with van der Waals surface area (Å²) < 4.78 is 5.85. The molecule has 1 fully saturated rings. The minimum Gasteiger partial charge on any atom is -0.492 e. The molecule has 1 aromatic carbocycles. The molecule has 104 valence electrons. The van der Waals surface area contributed by atoms with Gasteiger partial charge in [0.05, 0.1) is 17.1 Å². The molecule has 0 amide bonds. The summed E-state index contributed by atoms with van der Waals surface area (Å²) in [6.07, 6.45) is 4.70. The Bertz CT molecular complexity index is 470. The van der Waals surface area contributed by atoms with E-state index in [0.29, 0.717) is 17.9 Å². The van der Waals surface area contributed by atoms with Gasteiger partial charge in [-0.3, -0.25) is 10.1 Å². The zero-order valence-corrected chi connectivity index (χ0v) is 12.0. The van der Waals surface area contributed by atoms with Crippen LogP contribution in [-0.2, 0) is 0 Å². The summed E-state index contributed by atoms with van der Waals surface area (Å²) in [5, 5.41) is 10.9. The molecular formula is C14H19NO3S. The van der Waals surface area contributed by atoms with E-state index in [-0.39, 0.29) is 16.0 Å². The van der Waals surface area contributed by atoms with Crippen LogP contribution in [0.4, 0.5) is 5.69 Å². The van der Waals surface area contributed by atoms with E-state index in [2.05, 4.69) is 12.6 Å². The first-order valence-corrected chi connectivity index (χ1v) is 7.19. The van der Waals surface area contributed by atoms with Crippen LogP contribution in [0.15, 0.2) is 18.2 Å². The molecule has 0 bridgehead atoms. The van der Waals surface area contributed by atoms with Crippen molar-refractivity contribution in [3.05, 3.63) is 33.9 Å². The first-order valence-electron chi connectivity index (χ1n) is 6.56. The van der Waals surface area contributed by atoms with Gasteiger partial charge >= 0.3 is 0 Å². The quantitative estimate of drug-likeness (QED) is 0.508. The highest BCUT2D eigenvalue weighted by molar-refractivity contribution is 7.80. The van der Waals surface area contributed by atoms with Crippen molar-refractivity contribution in [2.24, 2.45) is 5.41 Å². The van der Waals surface area contributed by atoms with Gasteiger partial charge in [-0.1, -0.05) is 18.9 Å². The summed E-state index contributed by atoms with van der Waals surface area (Å²) in [4.78, 5) is 10.5. The number of nitro groups is 1. The highest BCUT2D eigenvalue weighted by Gasteiger charge is 2.33. The molecule has 4 nitrogen and oxygen atoms in total. The molecule has 1 saturated carbocycles. The molecule has 0 aromatic heterocycles. The van der Waals surface area contributed by atoms with E-state index in [9.17, 15) is 10.1 Å². The van der Waals surface area contributed by atoms with Crippen LogP contribution in [0.2, 0.25) is 0 Å². The van der Waals surface area contributed by atoms with Gasteiger partial charge in [0.2, 0.25) is 0 Å². The van der Waals surface area contributed by atoms with E-state index in [1.165, 1.54) is 18.9 Å². The maximum Gasteiger partial charge on any atom is 0.276 e. The van der Waals surface area contributed by atoms with E-state index in [0.717, 1.165) is 18.6 Å². The molecule has 0 atom stereocenters. The Labute approximate surface area is 118 Å². The van der Waals surface area contributed by atoms with E-state index in [1.54, 1.807) is 19.1 Å². The predicted octanol–water partition coefficient (Wildman–Crippen LogP) is 3.77. The van der Waals surface area contributed by atoms with Gasteiger partial charge in [0.25, 0.3) is 5.69 Å². The zero-order valence-electron chi connectivity index (χ0n) is 11.1. The van der Waals surface area contributed by atoms with Crippen molar-refractivity contribution >= 4 is 18.3 Å². The molecule has 0 aliphatic heterocycles. The molecule has 5 heteroatoms. The first-order chi connectivity index (χ1) is 9.08. The summed E-state index contributed by atoms with van der Waals surface area (Å²) in [5.74, 6) is 1.42. The summed E-state index contributed by atoms with van der Waals surface area (Å²) in [6, 6.07) is 4.97. The SMILES string of the molecule is Cc1c(OCC2(CS)CCCC2)cccc1[N+](=O)[O-]. The smallest absolute Gasteiger partial charge is 0.276 e. The van der Waals surface area contributed by atoms with Crippen molar-refractivity contribution < 1.29 is 9.66 Å². The number of nitrogens with zero attached hydrogens (tertiary/aromatic N) is 1. The maximum absolute atomic E-state index is 10.9. The molecule has 0 unspecified atom stereocenters. The third-order valence-corrected chi connectivity index (χ3v) is 4.66. The lowest BCUT2D eigenvalue weighted by Crippen LogP contribution is -2.27. The van der Waals surface area contributed by atoms with Crippen molar-refractivity contribution in [3.63, 3.8) is 0 Å².